The number of rotatable bonds is 41. The van der Waals surface area contributed by atoms with Crippen LogP contribution in [0.2, 0.25) is 0 Å². The summed E-state index contributed by atoms with van der Waals surface area (Å²) in [6.45, 7) is 4.85. The van der Waals surface area contributed by atoms with Crippen LogP contribution in [0.15, 0.2) is 24.3 Å². The second-order valence-corrected chi connectivity index (χ2v) is 18.3. The van der Waals surface area contributed by atoms with Crippen molar-refractivity contribution in [2.45, 2.75) is 219 Å². The number of nitrogens with zero attached hydrogens (tertiary/aromatic N) is 1. The van der Waals surface area contributed by atoms with E-state index in [1.54, 1.807) is 0 Å². The lowest BCUT2D eigenvalue weighted by molar-refractivity contribution is -0.870. The van der Waals surface area contributed by atoms with Crippen molar-refractivity contribution in [2.75, 3.05) is 40.9 Å². The van der Waals surface area contributed by atoms with E-state index in [1.165, 1.54) is 128 Å². The van der Waals surface area contributed by atoms with Crippen molar-refractivity contribution in [2.24, 2.45) is 0 Å². The van der Waals surface area contributed by atoms with E-state index in [9.17, 15) is 19.4 Å². The van der Waals surface area contributed by atoms with Crippen molar-refractivity contribution in [1.82, 2.24) is 5.32 Å². The third-order valence-electron chi connectivity index (χ3n) is 10.2. The molecule has 0 saturated heterocycles. The van der Waals surface area contributed by atoms with Crippen LogP contribution in [0.5, 0.6) is 0 Å². The molecule has 0 aliphatic rings. The standard InChI is InChI=1S/C45H89N2O6P/c1-6-8-10-12-14-16-18-20-22-23-25-26-28-30-32-34-36-38-44(48)43(42-53-54(50,51)52-41-40-47(3,4)5)46-45(49)39-37-35-33-31-29-27-24-21-19-17-15-13-11-9-7-2/h15,17,19,21,43-44,48H,6-14,16,18,20,22-42H2,1-5H3,(H-,46,49,50,51)/p+1/b17-15-,21-19-. The van der Waals surface area contributed by atoms with Gasteiger partial charge in [-0.05, 0) is 38.5 Å². The zero-order valence-corrected chi connectivity index (χ0v) is 37.1. The number of phosphoric ester groups is 1. The van der Waals surface area contributed by atoms with E-state index in [4.69, 9.17) is 9.05 Å². The average Bonchev–Trinajstić information content (AvgIpc) is 3.12. The van der Waals surface area contributed by atoms with Crippen LogP contribution in [-0.4, -0.2) is 73.4 Å². The van der Waals surface area contributed by atoms with Crippen molar-refractivity contribution in [3.63, 3.8) is 0 Å². The highest BCUT2D eigenvalue weighted by Crippen LogP contribution is 2.43. The van der Waals surface area contributed by atoms with Gasteiger partial charge in [0.15, 0.2) is 0 Å². The largest absolute Gasteiger partial charge is 0.472 e. The van der Waals surface area contributed by atoms with Crippen LogP contribution in [0.1, 0.15) is 206 Å². The van der Waals surface area contributed by atoms with Crippen LogP contribution in [0.25, 0.3) is 0 Å². The minimum atomic E-state index is -4.31. The number of hydrogen-bond donors (Lipinski definition) is 3. The fourth-order valence-corrected chi connectivity index (χ4v) is 7.30. The molecule has 3 atom stereocenters. The SMILES string of the molecule is CCCCC/C=C\C=C/CCCCCCCCC(=O)NC(COP(=O)(O)OCC[N+](C)(C)C)C(O)CCCCCCCCCCCCCCCCCCC. The van der Waals surface area contributed by atoms with Crippen LogP contribution in [0.4, 0.5) is 0 Å². The number of aliphatic hydroxyl groups excluding tert-OH is 1. The molecule has 3 N–H and O–H groups in total. The van der Waals surface area contributed by atoms with E-state index in [-0.39, 0.29) is 19.1 Å². The van der Waals surface area contributed by atoms with Gasteiger partial charge in [0.05, 0.1) is 39.9 Å². The molecular weight excluding hydrogens is 695 g/mol. The van der Waals surface area contributed by atoms with Gasteiger partial charge in [-0.2, -0.15) is 0 Å². The third kappa shape index (κ3) is 39.2. The summed E-state index contributed by atoms with van der Waals surface area (Å²) in [6.07, 6.45) is 43.4. The maximum atomic E-state index is 12.9. The second kappa shape index (κ2) is 37.6. The molecule has 9 heteroatoms. The average molecular weight is 786 g/mol. The highest BCUT2D eigenvalue weighted by atomic mass is 31.2. The smallest absolute Gasteiger partial charge is 0.391 e. The van der Waals surface area contributed by atoms with Gasteiger partial charge in [-0.3, -0.25) is 13.8 Å². The molecule has 0 aromatic carbocycles. The number of phosphoric acid groups is 1. The van der Waals surface area contributed by atoms with E-state index in [2.05, 4.69) is 43.5 Å². The Morgan fingerprint density at radius 1 is 0.630 bits per heavy atom. The fourth-order valence-electron chi connectivity index (χ4n) is 6.57. The van der Waals surface area contributed by atoms with Crippen molar-refractivity contribution in [3.05, 3.63) is 24.3 Å². The molecule has 0 rings (SSSR count). The van der Waals surface area contributed by atoms with E-state index in [0.29, 0.717) is 23.9 Å². The maximum absolute atomic E-state index is 12.9. The number of likely N-dealkylation sites (N-methyl/N-ethyl adjacent to an activating group) is 1. The van der Waals surface area contributed by atoms with Gasteiger partial charge in [-0.1, -0.05) is 186 Å². The Bertz CT molecular complexity index is 938. The molecule has 0 aromatic heterocycles. The molecule has 0 heterocycles. The number of nitrogens with one attached hydrogen (secondary N) is 1. The van der Waals surface area contributed by atoms with Gasteiger partial charge in [0.25, 0.3) is 0 Å². The minimum absolute atomic E-state index is 0.0728. The summed E-state index contributed by atoms with van der Waals surface area (Å²) >= 11 is 0. The number of amides is 1. The third-order valence-corrected chi connectivity index (χ3v) is 11.2. The molecule has 0 spiro atoms. The Balaban J connectivity index is 4.37. The van der Waals surface area contributed by atoms with Crippen LogP contribution >= 0.6 is 7.82 Å². The number of carbonyl (C=O) groups is 1. The molecule has 54 heavy (non-hydrogen) atoms. The lowest BCUT2D eigenvalue weighted by Crippen LogP contribution is -2.46. The summed E-state index contributed by atoms with van der Waals surface area (Å²) < 4.78 is 23.6. The van der Waals surface area contributed by atoms with Gasteiger partial charge in [-0.15, -0.1) is 0 Å². The summed E-state index contributed by atoms with van der Waals surface area (Å²) in [5, 5.41) is 14.0. The molecule has 0 aliphatic carbocycles. The summed E-state index contributed by atoms with van der Waals surface area (Å²) in [5.74, 6) is -0.156. The summed E-state index contributed by atoms with van der Waals surface area (Å²) in [4.78, 5) is 23.1. The zero-order valence-electron chi connectivity index (χ0n) is 36.2. The number of aliphatic hydroxyl groups is 1. The Labute approximate surface area is 334 Å². The number of unbranched alkanes of at least 4 members (excludes halogenated alkanes) is 25. The molecule has 0 aliphatic heterocycles. The molecule has 0 fully saturated rings. The van der Waals surface area contributed by atoms with Crippen molar-refractivity contribution in [3.8, 4) is 0 Å². The zero-order chi connectivity index (χ0) is 40.0. The van der Waals surface area contributed by atoms with E-state index in [1.807, 2.05) is 21.1 Å². The topological polar surface area (TPSA) is 105 Å². The maximum Gasteiger partial charge on any atom is 0.472 e. The van der Waals surface area contributed by atoms with Crippen molar-refractivity contribution in [1.29, 1.82) is 0 Å². The highest BCUT2D eigenvalue weighted by molar-refractivity contribution is 7.47. The first kappa shape index (κ1) is 53.0. The number of quaternary nitrogens is 1. The lowest BCUT2D eigenvalue weighted by atomic mass is 10.0. The molecular formula is C45H90N2O6P+. The Morgan fingerprint density at radius 3 is 1.52 bits per heavy atom. The van der Waals surface area contributed by atoms with Gasteiger partial charge in [-0.25, -0.2) is 4.57 Å². The number of carbonyl (C=O) groups excluding carboxylic acids is 1. The molecule has 0 radical (unpaired) electrons. The van der Waals surface area contributed by atoms with E-state index < -0.39 is 20.0 Å². The van der Waals surface area contributed by atoms with Gasteiger partial charge in [0.1, 0.15) is 13.2 Å². The van der Waals surface area contributed by atoms with Crippen LogP contribution in [-0.2, 0) is 18.4 Å². The quantitative estimate of drug-likeness (QED) is 0.0247. The Morgan fingerprint density at radius 2 is 1.04 bits per heavy atom. The Hall–Kier alpha value is -1.02. The normalized spacial score (nSPS) is 14.6. The minimum Gasteiger partial charge on any atom is -0.391 e. The van der Waals surface area contributed by atoms with Crippen molar-refractivity contribution >= 4 is 13.7 Å². The Kier molecular flexibility index (Phi) is 36.8. The first-order valence-electron chi connectivity index (χ1n) is 22.7. The van der Waals surface area contributed by atoms with E-state index in [0.717, 1.165) is 51.4 Å². The molecule has 0 aromatic rings. The summed E-state index contributed by atoms with van der Waals surface area (Å²) in [7, 11) is 1.61. The summed E-state index contributed by atoms with van der Waals surface area (Å²) in [6, 6.07) is -0.764. The highest BCUT2D eigenvalue weighted by Gasteiger charge is 2.28. The number of allylic oxidation sites excluding steroid dienone is 4. The second-order valence-electron chi connectivity index (χ2n) is 16.8. The molecule has 320 valence electrons. The molecule has 8 nitrogen and oxygen atoms in total. The predicted molar refractivity (Wildman–Crippen MR) is 231 cm³/mol. The molecule has 3 unspecified atom stereocenters. The van der Waals surface area contributed by atoms with Gasteiger partial charge in [0.2, 0.25) is 5.91 Å². The van der Waals surface area contributed by atoms with Crippen LogP contribution in [0, 0.1) is 0 Å². The van der Waals surface area contributed by atoms with Crippen molar-refractivity contribution < 1.29 is 32.9 Å². The fraction of sp³-hybridized carbons (Fsp3) is 0.889. The summed E-state index contributed by atoms with van der Waals surface area (Å²) in [5.41, 5.74) is 0. The van der Waals surface area contributed by atoms with Gasteiger partial charge < -0.3 is 19.8 Å². The lowest BCUT2D eigenvalue weighted by Gasteiger charge is -2.26. The molecule has 0 saturated carbocycles. The van der Waals surface area contributed by atoms with E-state index >= 15 is 0 Å². The van der Waals surface area contributed by atoms with Gasteiger partial charge in [0, 0.05) is 6.42 Å². The number of hydrogen-bond acceptors (Lipinski definition) is 5. The monoisotopic (exact) mass is 786 g/mol. The first-order chi connectivity index (χ1) is 26.0. The first-order valence-corrected chi connectivity index (χ1v) is 24.2. The van der Waals surface area contributed by atoms with Crippen LogP contribution < -0.4 is 5.32 Å². The van der Waals surface area contributed by atoms with Gasteiger partial charge >= 0.3 is 7.82 Å². The predicted octanol–water partition coefficient (Wildman–Crippen LogP) is 12.5. The molecule has 0 bridgehead atoms. The van der Waals surface area contributed by atoms with Crippen LogP contribution in [0.3, 0.4) is 0 Å². The molecule has 1 amide bonds.